The van der Waals surface area contributed by atoms with Gasteiger partial charge in [0.1, 0.15) is 0 Å². The Bertz CT molecular complexity index is 125. The van der Waals surface area contributed by atoms with Crippen molar-refractivity contribution < 1.29 is 0 Å². The minimum Gasteiger partial charge on any atom is -0.365 e. The number of nitrogens with zero attached hydrogens (tertiary/aromatic N) is 1. The van der Waals surface area contributed by atoms with Crippen LogP contribution in [0.3, 0.4) is 0 Å². The van der Waals surface area contributed by atoms with Crippen LogP contribution in [0.4, 0.5) is 0 Å². The van der Waals surface area contributed by atoms with E-state index in [0.717, 1.165) is 29.9 Å². The summed E-state index contributed by atoms with van der Waals surface area (Å²) in [6.07, 6.45) is 3.40. The van der Waals surface area contributed by atoms with Crippen LogP contribution in [0.25, 0.3) is 0 Å². The van der Waals surface area contributed by atoms with E-state index in [0.29, 0.717) is 0 Å². The topological polar surface area (TPSA) is 50.4 Å². The molecule has 12 heavy (non-hydrogen) atoms. The molecule has 3 N–H and O–H groups in total. The molecule has 0 aliphatic heterocycles. The lowest BCUT2D eigenvalue weighted by Gasteiger charge is -2.02. The Labute approximate surface area is 88.3 Å². The van der Waals surface area contributed by atoms with Gasteiger partial charge in [-0.05, 0) is 42.0 Å². The molecule has 0 aromatic rings. The molecule has 0 unspecified atom stereocenters. The number of hydrogen-bond donors (Lipinski definition) is 2. The predicted octanol–water partition coefficient (Wildman–Crippen LogP) is 1.52. The molecule has 0 aliphatic carbocycles. The van der Waals surface area contributed by atoms with E-state index in [4.69, 9.17) is 5.73 Å². The summed E-state index contributed by atoms with van der Waals surface area (Å²) >= 11 is 2.22. The SMILES string of the molecule is CCCCNC(I)=NCCCN. The molecule has 0 bridgehead atoms. The molecule has 72 valence electrons. The van der Waals surface area contributed by atoms with Crippen molar-refractivity contribution in [1.29, 1.82) is 0 Å². The third kappa shape index (κ3) is 8.26. The third-order valence-corrected chi connectivity index (χ3v) is 2.14. The molecule has 0 aromatic heterocycles. The highest BCUT2D eigenvalue weighted by Crippen LogP contribution is 1.90. The fourth-order valence-electron chi connectivity index (χ4n) is 0.693. The Balaban J connectivity index is 3.29. The van der Waals surface area contributed by atoms with Crippen molar-refractivity contribution >= 4 is 26.4 Å². The third-order valence-electron chi connectivity index (χ3n) is 1.41. The smallest absolute Gasteiger partial charge is 0.159 e. The maximum absolute atomic E-state index is 5.34. The van der Waals surface area contributed by atoms with E-state index in [1.54, 1.807) is 0 Å². The standard InChI is InChI=1S/C8H18IN3/c1-2-3-6-11-8(9)12-7-4-5-10/h2-7,10H2,1H3,(H,11,12). The maximum Gasteiger partial charge on any atom is 0.159 e. The fraction of sp³-hybridized carbons (Fsp3) is 0.875. The highest BCUT2D eigenvalue weighted by atomic mass is 127. The number of aliphatic imine (C=N–C) groups is 1. The van der Waals surface area contributed by atoms with Crippen molar-refractivity contribution in [3.8, 4) is 0 Å². The molecule has 0 heterocycles. The van der Waals surface area contributed by atoms with Crippen LogP contribution in [0.1, 0.15) is 26.2 Å². The molecule has 0 amide bonds. The van der Waals surface area contributed by atoms with Crippen LogP contribution in [0.5, 0.6) is 0 Å². The summed E-state index contributed by atoms with van der Waals surface area (Å²) in [7, 11) is 0. The number of rotatable bonds is 6. The van der Waals surface area contributed by atoms with E-state index in [1.807, 2.05) is 0 Å². The fourth-order valence-corrected chi connectivity index (χ4v) is 1.20. The lowest BCUT2D eigenvalue weighted by Crippen LogP contribution is -2.19. The van der Waals surface area contributed by atoms with E-state index < -0.39 is 0 Å². The van der Waals surface area contributed by atoms with Crippen LogP contribution in [0, 0.1) is 0 Å². The first-order valence-electron chi connectivity index (χ1n) is 4.45. The summed E-state index contributed by atoms with van der Waals surface area (Å²) < 4.78 is 1.01. The average Bonchev–Trinajstić information content (AvgIpc) is 2.06. The van der Waals surface area contributed by atoms with Crippen LogP contribution in [0.2, 0.25) is 0 Å². The Morgan fingerprint density at radius 1 is 1.50 bits per heavy atom. The van der Waals surface area contributed by atoms with Crippen molar-refractivity contribution in [2.45, 2.75) is 26.2 Å². The highest BCUT2D eigenvalue weighted by Gasteiger charge is 1.89. The minimum atomic E-state index is 0.725. The number of unbranched alkanes of at least 4 members (excludes halogenated alkanes) is 1. The number of nitrogens with two attached hydrogens (primary N) is 1. The van der Waals surface area contributed by atoms with Gasteiger partial charge in [-0.1, -0.05) is 13.3 Å². The Morgan fingerprint density at radius 2 is 2.25 bits per heavy atom. The summed E-state index contributed by atoms with van der Waals surface area (Å²) in [6.45, 7) is 4.78. The van der Waals surface area contributed by atoms with Gasteiger partial charge in [0.2, 0.25) is 0 Å². The Morgan fingerprint density at radius 3 is 2.83 bits per heavy atom. The normalized spacial score (nSPS) is 11.8. The van der Waals surface area contributed by atoms with E-state index in [2.05, 4.69) is 39.8 Å². The van der Waals surface area contributed by atoms with Crippen molar-refractivity contribution in [3.05, 3.63) is 0 Å². The molecule has 0 rings (SSSR count). The summed E-state index contributed by atoms with van der Waals surface area (Å²) in [5.41, 5.74) is 5.34. The molecule has 0 saturated carbocycles. The number of nitrogens with one attached hydrogen (secondary N) is 1. The zero-order chi connectivity index (χ0) is 9.23. The van der Waals surface area contributed by atoms with Crippen molar-refractivity contribution in [2.75, 3.05) is 19.6 Å². The van der Waals surface area contributed by atoms with Gasteiger partial charge in [0.15, 0.2) is 3.84 Å². The molecule has 4 heteroatoms. The molecule has 0 aliphatic rings. The molecule has 0 fully saturated rings. The Kier molecular flexibility index (Phi) is 9.37. The molecule has 3 nitrogen and oxygen atoms in total. The first kappa shape index (κ1) is 12.2. The van der Waals surface area contributed by atoms with E-state index >= 15 is 0 Å². The summed E-state index contributed by atoms with van der Waals surface area (Å²) in [6, 6.07) is 0. The van der Waals surface area contributed by atoms with Crippen LogP contribution in [-0.4, -0.2) is 23.5 Å². The molecule has 0 spiro atoms. The second-order valence-corrected chi connectivity index (χ2v) is 3.62. The number of hydrogen-bond acceptors (Lipinski definition) is 2. The molecule has 0 atom stereocenters. The van der Waals surface area contributed by atoms with Crippen molar-refractivity contribution in [3.63, 3.8) is 0 Å². The van der Waals surface area contributed by atoms with Gasteiger partial charge in [-0.2, -0.15) is 0 Å². The second-order valence-electron chi connectivity index (χ2n) is 2.60. The lowest BCUT2D eigenvalue weighted by molar-refractivity contribution is 0.755. The number of amidine groups is 1. The van der Waals surface area contributed by atoms with Crippen LogP contribution in [-0.2, 0) is 0 Å². The van der Waals surface area contributed by atoms with Gasteiger partial charge in [0.05, 0.1) is 0 Å². The number of halogens is 1. The zero-order valence-electron chi connectivity index (χ0n) is 7.65. The van der Waals surface area contributed by atoms with Gasteiger partial charge in [-0.15, -0.1) is 0 Å². The Hall–Kier alpha value is 0.160. The van der Waals surface area contributed by atoms with Gasteiger partial charge in [0, 0.05) is 13.1 Å². The van der Waals surface area contributed by atoms with Crippen LogP contribution < -0.4 is 11.1 Å². The zero-order valence-corrected chi connectivity index (χ0v) is 9.80. The van der Waals surface area contributed by atoms with E-state index in [9.17, 15) is 0 Å². The van der Waals surface area contributed by atoms with E-state index in [-0.39, 0.29) is 0 Å². The first-order chi connectivity index (χ1) is 5.81. The molecular formula is C8H18IN3. The largest absolute Gasteiger partial charge is 0.365 e. The average molecular weight is 283 g/mol. The minimum absolute atomic E-state index is 0.725. The predicted molar refractivity (Wildman–Crippen MR) is 62.9 cm³/mol. The highest BCUT2D eigenvalue weighted by molar-refractivity contribution is 14.1. The summed E-state index contributed by atoms with van der Waals surface area (Å²) in [4.78, 5) is 4.30. The van der Waals surface area contributed by atoms with Crippen LogP contribution >= 0.6 is 22.6 Å². The molecule has 0 radical (unpaired) electrons. The van der Waals surface area contributed by atoms with Gasteiger partial charge < -0.3 is 11.1 Å². The van der Waals surface area contributed by atoms with Gasteiger partial charge in [-0.3, -0.25) is 4.99 Å². The molecular weight excluding hydrogens is 265 g/mol. The van der Waals surface area contributed by atoms with Gasteiger partial charge in [-0.25, -0.2) is 0 Å². The summed E-state index contributed by atoms with van der Waals surface area (Å²) in [5, 5.41) is 3.24. The van der Waals surface area contributed by atoms with E-state index in [1.165, 1.54) is 12.8 Å². The molecule has 0 aromatic carbocycles. The van der Waals surface area contributed by atoms with Gasteiger partial charge in [0.25, 0.3) is 0 Å². The maximum atomic E-state index is 5.34. The quantitative estimate of drug-likeness (QED) is 0.255. The molecule has 0 saturated heterocycles. The second kappa shape index (κ2) is 9.25. The monoisotopic (exact) mass is 283 g/mol. The van der Waals surface area contributed by atoms with Crippen LogP contribution in [0.15, 0.2) is 4.99 Å². The first-order valence-corrected chi connectivity index (χ1v) is 5.53. The van der Waals surface area contributed by atoms with Gasteiger partial charge >= 0.3 is 0 Å². The van der Waals surface area contributed by atoms with Crippen molar-refractivity contribution in [1.82, 2.24) is 5.32 Å². The summed E-state index contributed by atoms with van der Waals surface area (Å²) in [5.74, 6) is 0. The lowest BCUT2D eigenvalue weighted by atomic mass is 10.3. The van der Waals surface area contributed by atoms with Crippen molar-refractivity contribution in [2.24, 2.45) is 10.7 Å².